The Labute approximate surface area is 132 Å². The van der Waals surface area contributed by atoms with Gasteiger partial charge in [0.1, 0.15) is 0 Å². The molecule has 1 aliphatic heterocycles. The predicted molar refractivity (Wildman–Crippen MR) is 84.3 cm³/mol. The van der Waals surface area contributed by atoms with E-state index in [0.29, 0.717) is 31.1 Å². The van der Waals surface area contributed by atoms with Gasteiger partial charge in [-0.25, -0.2) is 8.42 Å². The fourth-order valence-corrected chi connectivity index (χ4v) is 4.09. The van der Waals surface area contributed by atoms with Crippen molar-refractivity contribution in [1.82, 2.24) is 15.2 Å². The van der Waals surface area contributed by atoms with E-state index in [2.05, 4.69) is 24.7 Å². The molecule has 6 nitrogen and oxygen atoms in total. The Morgan fingerprint density at radius 2 is 2.05 bits per heavy atom. The lowest BCUT2D eigenvalue weighted by atomic mass is 10.1. The van der Waals surface area contributed by atoms with Crippen molar-refractivity contribution in [3.8, 4) is 6.07 Å². The molecule has 1 aromatic carbocycles. The van der Waals surface area contributed by atoms with E-state index in [0.717, 1.165) is 6.42 Å². The minimum Gasteiger partial charge on any atom is -0.256 e. The summed E-state index contributed by atoms with van der Waals surface area (Å²) in [5.74, 6) is 0.422. The van der Waals surface area contributed by atoms with Crippen LogP contribution in [0.1, 0.15) is 25.8 Å². The van der Waals surface area contributed by atoms with Crippen LogP contribution in [0.2, 0.25) is 0 Å². The van der Waals surface area contributed by atoms with Gasteiger partial charge in [0, 0.05) is 19.6 Å². The van der Waals surface area contributed by atoms with Crippen LogP contribution in [-0.2, 0) is 10.0 Å². The molecule has 7 heteroatoms. The van der Waals surface area contributed by atoms with Gasteiger partial charge >= 0.3 is 0 Å². The first-order valence-electron chi connectivity index (χ1n) is 7.43. The summed E-state index contributed by atoms with van der Waals surface area (Å²) in [7, 11) is -3.61. The maximum atomic E-state index is 13.0. The van der Waals surface area contributed by atoms with Crippen molar-refractivity contribution >= 4 is 10.0 Å². The molecule has 0 bridgehead atoms. The summed E-state index contributed by atoms with van der Waals surface area (Å²) in [6.07, 6.45) is 0.799. The van der Waals surface area contributed by atoms with Gasteiger partial charge in [-0.3, -0.25) is 10.9 Å². The zero-order valence-electron chi connectivity index (χ0n) is 12.9. The molecular formula is C15H22N4O2S. The zero-order valence-corrected chi connectivity index (χ0v) is 13.7. The van der Waals surface area contributed by atoms with Gasteiger partial charge in [-0.15, -0.1) is 0 Å². The van der Waals surface area contributed by atoms with Crippen LogP contribution in [0.25, 0.3) is 0 Å². The summed E-state index contributed by atoms with van der Waals surface area (Å²) < 4.78 is 27.5. The third-order valence-electron chi connectivity index (χ3n) is 3.70. The Bertz CT molecular complexity index is 646. The Morgan fingerprint density at radius 3 is 2.64 bits per heavy atom. The van der Waals surface area contributed by atoms with Gasteiger partial charge in [0.25, 0.3) is 0 Å². The summed E-state index contributed by atoms with van der Waals surface area (Å²) in [6, 6.07) is 8.08. The summed E-state index contributed by atoms with van der Waals surface area (Å²) >= 11 is 0. The molecule has 22 heavy (non-hydrogen) atoms. The molecule has 1 heterocycles. The topological polar surface area (TPSA) is 85.2 Å². The van der Waals surface area contributed by atoms with Crippen molar-refractivity contribution in [3.63, 3.8) is 0 Å². The molecule has 0 radical (unpaired) electrons. The molecule has 0 spiro atoms. The van der Waals surface area contributed by atoms with Crippen LogP contribution < -0.4 is 10.9 Å². The second-order valence-corrected chi connectivity index (χ2v) is 7.74. The third-order valence-corrected chi connectivity index (χ3v) is 5.65. The number of nitriles is 1. The maximum Gasteiger partial charge on any atom is 0.243 e. The molecule has 0 unspecified atom stereocenters. The molecule has 0 amide bonds. The first kappa shape index (κ1) is 16.9. The van der Waals surface area contributed by atoms with E-state index >= 15 is 0 Å². The molecule has 0 aromatic heterocycles. The molecule has 0 aliphatic carbocycles. The van der Waals surface area contributed by atoms with Crippen LogP contribution in [0.4, 0.5) is 0 Å². The van der Waals surface area contributed by atoms with E-state index in [9.17, 15) is 8.42 Å². The lowest BCUT2D eigenvalue weighted by Crippen LogP contribution is -2.44. The molecule has 2 rings (SSSR count). The standard InChI is InChI=1S/C15H22N4O2S/c1-12(2)6-7-19(14-10-17-18-11-14)22(20,21)15-5-3-4-13(8-15)9-16/h3-5,8,12,14,17-18H,6-7,10-11H2,1-2H3. The summed E-state index contributed by atoms with van der Waals surface area (Å²) in [5.41, 5.74) is 6.31. The highest BCUT2D eigenvalue weighted by atomic mass is 32.2. The highest BCUT2D eigenvalue weighted by Crippen LogP contribution is 2.21. The van der Waals surface area contributed by atoms with Crippen LogP contribution in [0.3, 0.4) is 0 Å². The van der Waals surface area contributed by atoms with Crippen molar-refractivity contribution in [2.75, 3.05) is 19.6 Å². The molecule has 0 atom stereocenters. The maximum absolute atomic E-state index is 13.0. The van der Waals surface area contributed by atoms with E-state index < -0.39 is 10.0 Å². The molecule has 1 fully saturated rings. The van der Waals surface area contributed by atoms with Gasteiger partial charge < -0.3 is 0 Å². The molecule has 1 aromatic rings. The van der Waals surface area contributed by atoms with E-state index in [1.165, 1.54) is 6.07 Å². The Hall–Kier alpha value is -1.46. The fraction of sp³-hybridized carbons (Fsp3) is 0.533. The van der Waals surface area contributed by atoms with Crippen molar-refractivity contribution in [2.24, 2.45) is 5.92 Å². The third kappa shape index (κ3) is 3.84. The lowest BCUT2D eigenvalue weighted by molar-refractivity contribution is 0.324. The SMILES string of the molecule is CC(C)CCN(C1CNNC1)S(=O)(=O)c1cccc(C#N)c1. The van der Waals surface area contributed by atoms with E-state index in [1.54, 1.807) is 22.5 Å². The Kier molecular flexibility index (Phi) is 5.53. The lowest BCUT2D eigenvalue weighted by Gasteiger charge is -2.28. The smallest absolute Gasteiger partial charge is 0.243 e. The number of benzene rings is 1. The van der Waals surface area contributed by atoms with Crippen molar-refractivity contribution in [2.45, 2.75) is 31.2 Å². The van der Waals surface area contributed by atoms with Crippen LogP contribution in [0, 0.1) is 17.2 Å². The Morgan fingerprint density at radius 1 is 1.36 bits per heavy atom. The number of rotatable bonds is 6. The van der Waals surface area contributed by atoms with Crippen molar-refractivity contribution < 1.29 is 8.42 Å². The van der Waals surface area contributed by atoms with E-state index in [1.807, 2.05) is 6.07 Å². The number of hydrogen-bond donors (Lipinski definition) is 2. The van der Waals surface area contributed by atoms with Gasteiger partial charge in [0.05, 0.1) is 22.6 Å². The number of sulfonamides is 1. The minimum atomic E-state index is -3.61. The number of nitrogens with zero attached hydrogens (tertiary/aromatic N) is 2. The fourth-order valence-electron chi connectivity index (χ4n) is 2.40. The monoisotopic (exact) mass is 322 g/mol. The quantitative estimate of drug-likeness (QED) is 0.818. The second-order valence-electron chi connectivity index (χ2n) is 5.85. The minimum absolute atomic E-state index is 0.116. The van der Waals surface area contributed by atoms with Crippen LogP contribution in [-0.4, -0.2) is 38.4 Å². The van der Waals surface area contributed by atoms with Gasteiger partial charge in [-0.05, 0) is 30.5 Å². The summed E-state index contributed by atoms with van der Waals surface area (Å²) in [5, 5.41) is 8.98. The van der Waals surface area contributed by atoms with Crippen LogP contribution in [0.15, 0.2) is 29.2 Å². The van der Waals surface area contributed by atoms with Crippen LogP contribution >= 0.6 is 0 Å². The molecule has 2 N–H and O–H groups in total. The molecule has 120 valence electrons. The average Bonchev–Trinajstić information content (AvgIpc) is 3.01. The van der Waals surface area contributed by atoms with Crippen molar-refractivity contribution in [3.05, 3.63) is 29.8 Å². The molecule has 1 saturated heterocycles. The highest BCUT2D eigenvalue weighted by molar-refractivity contribution is 7.89. The molecule has 1 aliphatic rings. The second kappa shape index (κ2) is 7.20. The van der Waals surface area contributed by atoms with Crippen LogP contribution in [0.5, 0.6) is 0 Å². The Balaban J connectivity index is 2.32. The van der Waals surface area contributed by atoms with Gasteiger partial charge in [-0.1, -0.05) is 19.9 Å². The summed E-state index contributed by atoms with van der Waals surface area (Å²) in [6.45, 7) is 5.79. The molecular weight excluding hydrogens is 300 g/mol. The molecule has 0 saturated carbocycles. The van der Waals surface area contributed by atoms with Crippen molar-refractivity contribution in [1.29, 1.82) is 5.26 Å². The normalized spacial score (nSPS) is 16.3. The van der Waals surface area contributed by atoms with Gasteiger partial charge in [0.15, 0.2) is 0 Å². The number of hydrazine groups is 1. The first-order valence-corrected chi connectivity index (χ1v) is 8.87. The number of nitrogens with one attached hydrogen (secondary N) is 2. The van der Waals surface area contributed by atoms with Gasteiger partial charge in [-0.2, -0.15) is 9.57 Å². The highest BCUT2D eigenvalue weighted by Gasteiger charge is 2.33. The zero-order chi connectivity index (χ0) is 16.2. The predicted octanol–water partition coefficient (Wildman–Crippen LogP) is 1.07. The van der Waals surface area contributed by atoms with E-state index in [-0.39, 0.29) is 10.9 Å². The largest absolute Gasteiger partial charge is 0.256 e. The first-order chi connectivity index (χ1) is 10.4. The van der Waals surface area contributed by atoms with Gasteiger partial charge in [0.2, 0.25) is 10.0 Å². The summed E-state index contributed by atoms with van der Waals surface area (Å²) in [4.78, 5) is 0.183. The average molecular weight is 322 g/mol. The van der Waals surface area contributed by atoms with E-state index in [4.69, 9.17) is 5.26 Å². The number of hydrogen-bond acceptors (Lipinski definition) is 5.